The van der Waals surface area contributed by atoms with Crippen LogP contribution in [0.2, 0.25) is 0 Å². The summed E-state index contributed by atoms with van der Waals surface area (Å²) in [6.07, 6.45) is 2.52. The highest BCUT2D eigenvalue weighted by Crippen LogP contribution is 2.31. The minimum absolute atomic E-state index is 0.217. The van der Waals surface area contributed by atoms with Crippen molar-refractivity contribution in [2.45, 2.75) is 6.42 Å². The van der Waals surface area contributed by atoms with Crippen molar-refractivity contribution in [3.63, 3.8) is 0 Å². The van der Waals surface area contributed by atoms with E-state index in [1.165, 1.54) is 18.1 Å². The molecule has 4 rings (SSSR count). The number of hydrogen-bond donors (Lipinski definition) is 2. The number of fused-ring (bicyclic) bond motifs is 2. The zero-order chi connectivity index (χ0) is 21.3. The molecule has 2 heterocycles. The quantitative estimate of drug-likeness (QED) is 0.584. The number of nitrogens with one attached hydrogen (secondary N) is 2. The van der Waals surface area contributed by atoms with Crippen LogP contribution in [0.4, 0.5) is 5.69 Å². The van der Waals surface area contributed by atoms with Crippen molar-refractivity contribution in [3.8, 4) is 11.5 Å². The number of hydrogen-bond acceptors (Lipinski definition) is 5. The zero-order valence-corrected chi connectivity index (χ0v) is 16.7. The smallest absolute Gasteiger partial charge is 0.299 e. The molecule has 0 radical (unpaired) electrons. The third-order valence-electron chi connectivity index (χ3n) is 5.17. The molecular weight excluding hydrogens is 386 g/mol. The fraction of sp³-hybridized carbons (Fsp3) is 0.227. The van der Waals surface area contributed by atoms with Gasteiger partial charge in [-0.3, -0.25) is 19.3 Å². The third-order valence-corrected chi connectivity index (χ3v) is 5.17. The molecule has 0 aliphatic carbocycles. The van der Waals surface area contributed by atoms with Gasteiger partial charge in [-0.15, -0.1) is 0 Å². The summed E-state index contributed by atoms with van der Waals surface area (Å²) in [5, 5.41) is 3.85. The van der Waals surface area contributed by atoms with Crippen LogP contribution in [0.15, 0.2) is 42.6 Å². The van der Waals surface area contributed by atoms with Crippen LogP contribution >= 0.6 is 0 Å². The van der Waals surface area contributed by atoms with E-state index in [4.69, 9.17) is 9.47 Å². The number of nitrogens with zero attached hydrogens (tertiary/aromatic N) is 1. The highest BCUT2D eigenvalue weighted by atomic mass is 16.5. The number of rotatable bonds is 7. The summed E-state index contributed by atoms with van der Waals surface area (Å²) in [6.45, 7) is 0.181. The molecule has 2 aromatic carbocycles. The Hall–Kier alpha value is -3.81. The van der Waals surface area contributed by atoms with Gasteiger partial charge in [0.15, 0.2) is 0 Å². The Morgan fingerprint density at radius 1 is 1.07 bits per heavy atom. The average molecular weight is 407 g/mol. The number of aromatic amines is 1. The summed E-state index contributed by atoms with van der Waals surface area (Å²) < 4.78 is 10.4. The van der Waals surface area contributed by atoms with Gasteiger partial charge in [0, 0.05) is 23.6 Å². The van der Waals surface area contributed by atoms with Gasteiger partial charge < -0.3 is 19.8 Å². The first kappa shape index (κ1) is 19.5. The van der Waals surface area contributed by atoms with E-state index in [1.54, 1.807) is 19.2 Å². The number of ether oxygens (including phenoxy) is 2. The van der Waals surface area contributed by atoms with Crippen molar-refractivity contribution in [2.24, 2.45) is 0 Å². The Morgan fingerprint density at radius 3 is 2.57 bits per heavy atom. The first-order chi connectivity index (χ1) is 14.5. The number of H-pyrrole nitrogens is 1. The molecule has 0 fully saturated rings. The van der Waals surface area contributed by atoms with Gasteiger partial charge in [0.2, 0.25) is 5.91 Å². The van der Waals surface area contributed by atoms with Crippen molar-refractivity contribution in [3.05, 3.63) is 53.7 Å². The van der Waals surface area contributed by atoms with Crippen LogP contribution in [-0.4, -0.2) is 49.9 Å². The van der Waals surface area contributed by atoms with Gasteiger partial charge in [0.05, 0.1) is 25.5 Å². The largest absolute Gasteiger partial charge is 0.497 e. The molecule has 0 bridgehead atoms. The molecule has 0 saturated carbocycles. The molecule has 0 unspecified atom stereocenters. The number of ketones is 1. The monoisotopic (exact) mass is 407 g/mol. The molecule has 8 nitrogen and oxygen atoms in total. The third kappa shape index (κ3) is 3.47. The molecule has 30 heavy (non-hydrogen) atoms. The SMILES string of the molecule is COc1ccc2c(c1)C(=O)C(=O)N2CC(=O)NCCc1c[nH]c2ccc(OC)cc12. The number of amides is 2. The normalized spacial score (nSPS) is 12.9. The maximum absolute atomic E-state index is 12.4. The highest BCUT2D eigenvalue weighted by Gasteiger charge is 2.37. The Bertz CT molecular complexity index is 1150. The van der Waals surface area contributed by atoms with E-state index in [1.807, 2.05) is 24.4 Å². The van der Waals surface area contributed by atoms with Gasteiger partial charge >= 0.3 is 0 Å². The summed E-state index contributed by atoms with van der Waals surface area (Å²) in [6, 6.07) is 10.6. The lowest BCUT2D eigenvalue weighted by Crippen LogP contribution is -2.40. The predicted octanol–water partition coefficient (Wildman–Crippen LogP) is 2.07. The van der Waals surface area contributed by atoms with Gasteiger partial charge in [-0.2, -0.15) is 0 Å². The van der Waals surface area contributed by atoms with Gasteiger partial charge in [0.25, 0.3) is 11.7 Å². The predicted molar refractivity (Wildman–Crippen MR) is 111 cm³/mol. The first-order valence-electron chi connectivity index (χ1n) is 9.46. The first-order valence-corrected chi connectivity index (χ1v) is 9.46. The van der Waals surface area contributed by atoms with E-state index in [2.05, 4.69) is 10.3 Å². The second kappa shape index (κ2) is 7.90. The minimum Gasteiger partial charge on any atom is -0.497 e. The molecule has 1 aromatic heterocycles. The van der Waals surface area contributed by atoms with Gasteiger partial charge in [-0.25, -0.2) is 0 Å². The van der Waals surface area contributed by atoms with E-state index in [0.29, 0.717) is 24.4 Å². The molecule has 2 N–H and O–H groups in total. The number of carbonyl (C=O) groups excluding carboxylic acids is 3. The van der Waals surface area contributed by atoms with Crippen LogP contribution in [0.25, 0.3) is 10.9 Å². The van der Waals surface area contributed by atoms with E-state index < -0.39 is 11.7 Å². The van der Waals surface area contributed by atoms with E-state index >= 15 is 0 Å². The topological polar surface area (TPSA) is 101 Å². The molecule has 0 saturated heterocycles. The van der Waals surface area contributed by atoms with Crippen molar-refractivity contribution >= 4 is 34.2 Å². The van der Waals surface area contributed by atoms with Gasteiger partial charge in [-0.05, 0) is 48.4 Å². The summed E-state index contributed by atoms with van der Waals surface area (Å²) in [5.41, 5.74) is 2.71. The fourth-order valence-corrected chi connectivity index (χ4v) is 3.59. The maximum atomic E-state index is 12.4. The molecule has 1 aliphatic heterocycles. The lowest BCUT2D eigenvalue weighted by Gasteiger charge is -2.16. The molecule has 1 aliphatic rings. The summed E-state index contributed by atoms with van der Waals surface area (Å²) >= 11 is 0. The Kier molecular flexibility index (Phi) is 5.14. The van der Waals surface area contributed by atoms with Crippen LogP contribution in [0.5, 0.6) is 11.5 Å². The Morgan fingerprint density at radius 2 is 1.80 bits per heavy atom. The Balaban J connectivity index is 1.39. The molecular formula is C22H21N3O5. The number of Topliss-reactive ketones (excluding diaryl/α,β-unsaturated/α-hetero) is 1. The standard InChI is InChI=1S/C22H21N3O5/c1-29-14-3-5-18-16(9-14)13(11-24-18)7-8-23-20(26)12-25-19-6-4-15(30-2)10-17(19)21(27)22(25)28/h3-6,9-11,24H,7-8,12H2,1-2H3,(H,23,26). The van der Waals surface area contributed by atoms with Crippen LogP contribution < -0.4 is 19.7 Å². The number of carbonyl (C=O) groups is 3. The van der Waals surface area contributed by atoms with Crippen molar-refractivity contribution in [1.82, 2.24) is 10.3 Å². The number of benzene rings is 2. The van der Waals surface area contributed by atoms with Crippen LogP contribution in [0.3, 0.4) is 0 Å². The van der Waals surface area contributed by atoms with Crippen molar-refractivity contribution in [1.29, 1.82) is 0 Å². The second-order valence-corrected chi connectivity index (χ2v) is 6.93. The molecule has 154 valence electrons. The molecule has 0 spiro atoms. The highest BCUT2D eigenvalue weighted by molar-refractivity contribution is 6.52. The second-order valence-electron chi connectivity index (χ2n) is 6.93. The van der Waals surface area contributed by atoms with Crippen LogP contribution in [0, 0.1) is 0 Å². The summed E-state index contributed by atoms with van der Waals surface area (Å²) in [5.74, 6) is -0.435. The van der Waals surface area contributed by atoms with E-state index in [9.17, 15) is 14.4 Å². The molecule has 8 heteroatoms. The number of anilines is 1. The summed E-state index contributed by atoms with van der Waals surface area (Å²) in [7, 11) is 3.10. The van der Waals surface area contributed by atoms with Gasteiger partial charge in [0.1, 0.15) is 18.0 Å². The number of aromatic nitrogens is 1. The van der Waals surface area contributed by atoms with E-state index in [-0.39, 0.29) is 18.0 Å². The van der Waals surface area contributed by atoms with Crippen molar-refractivity contribution < 1.29 is 23.9 Å². The molecule has 3 aromatic rings. The summed E-state index contributed by atoms with van der Waals surface area (Å²) in [4.78, 5) is 41.3. The lowest BCUT2D eigenvalue weighted by atomic mass is 10.1. The minimum atomic E-state index is -0.711. The molecule has 0 atom stereocenters. The lowest BCUT2D eigenvalue weighted by molar-refractivity contribution is -0.122. The molecule has 2 amide bonds. The fourth-order valence-electron chi connectivity index (χ4n) is 3.59. The van der Waals surface area contributed by atoms with Crippen LogP contribution in [-0.2, 0) is 16.0 Å². The number of methoxy groups -OCH3 is 2. The van der Waals surface area contributed by atoms with Crippen molar-refractivity contribution in [2.75, 3.05) is 32.2 Å². The Labute approximate surface area is 172 Å². The van der Waals surface area contributed by atoms with Crippen LogP contribution in [0.1, 0.15) is 15.9 Å². The van der Waals surface area contributed by atoms with Gasteiger partial charge in [-0.1, -0.05) is 0 Å². The average Bonchev–Trinajstić information content (AvgIpc) is 3.27. The zero-order valence-electron chi connectivity index (χ0n) is 16.7. The van der Waals surface area contributed by atoms with E-state index in [0.717, 1.165) is 22.2 Å². The maximum Gasteiger partial charge on any atom is 0.299 e.